The van der Waals surface area contributed by atoms with E-state index in [0.717, 1.165) is 24.7 Å². The lowest BCUT2D eigenvalue weighted by Gasteiger charge is -2.14. The predicted octanol–water partition coefficient (Wildman–Crippen LogP) is 2.65. The van der Waals surface area contributed by atoms with Crippen LogP contribution < -0.4 is 10.5 Å². The highest BCUT2D eigenvalue weighted by atomic mass is 16.7. The third-order valence-electron chi connectivity index (χ3n) is 3.11. The molecule has 18 heavy (non-hydrogen) atoms. The molecule has 1 aliphatic carbocycles. The first-order chi connectivity index (χ1) is 8.65. The van der Waals surface area contributed by atoms with Crippen LogP contribution in [0, 0.1) is 12.8 Å². The summed E-state index contributed by atoms with van der Waals surface area (Å²) >= 11 is 0. The van der Waals surface area contributed by atoms with Gasteiger partial charge in [0.2, 0.25) is 0 Å². The van der Waals surface area contributed by atoms with E-state index in [1.807, 2.05) is 13.0 Å². The second-order valence-electron chi connectivity index (χ2n) is 5.37. The second-order valence-corrected chi connectivity index (χ2v) is 5.37. The summed E-state index contributed by atoms with van der Waals surface area (Å²) in [5.41, 5.74) is 8.26. The van der Waals surface area contributed by atoms with Crippen LogP contribution in [0.25, 0.3) is 0 Å². The summed E-state index contributed by atoms with van der Waals surface area (Å²) in [6.45, 7) is 5.26. The molecule has 3 heteroatoms. The van der Waals surface area contributed by atoms with Crippen molar-refractivity contribution >= 4 is 0 Å². The van der Waals surface area contributed by atoms with Gasteiger partial charge in [-0.2, -0.15) is 0 Å². The SMILES string of the molecule is Cc1ccc(OCOCC2CC2)c(CC(C)N)c1. The van der Waals surface area contributed by atoms with E-state index in [2.05, 4.69) is 19.1 Å². The molecule has 0 aromatic heterocycles. The van der Waals surface area contributed by atoms with Crippen LogP contribution in [0.3, 0.4) is 0 Å². The third kappa shape index (κ3) is 4.31. The van der Waals surface area contributed by atoms with Crippen LogP contribution in [0.2, 0.25) is 0 Å². The topological polar surface area (TPSA) is 44.5 Å². The van der Waals surface area contributed by atoms with Gasteiger partial charge in [0.15, 0.2) is 6.79 Å². The summed E-state index contributed by atoms with van der Waals surface area (Å²) in [4.78, 5) is 0. The molecule has 1 atom stereocenters. The van der Waals surface area contributed by atoms with Crippen molar-refractivity contribution in [2.45, 2.75) is 39.2 Å². The smallest absolute Gasteiger partial charge is 0.189 e. The molecule has 0 aliphatic heterocycles. The molecule has 1 aromatic rings. The molecule has 1 unspecified atom stereocenters. The van der Waals surface area contributed by atoms with Gasteiger partial charge >= 0.3 is 0 Å². The Balaban J connectivity index is 1.87. The van der Waals surface area contributed by atoms with E-state index in [-0.39, 0.29) is 6.04 Å². The van der Waals surface area contributed by atoms with Crippen molar-refractivity contribution in [1.82, 2.24) is 0 Å². The van der Waals surface area contributed by atoms with Crippen molar-refractivity contribution in [3.8, 4) is 5.75 Å². The maximum atomic E-state index is 5.86. The fourth-order valence-corrected chi connectivity index (χ4v) is 1.96. The van der Waals surface area contributed by atoms with Crippen LogP contribution in [0.1, 0.15) is 30.9 Å². The lowest BCUT2D eigenvalue weighted by Crippen LogP contribution is -2.18. The summed E-state index contributed by atoms with van der Waals surface area (Å²) in [6, 6.07) is 6.34. The van der Waals surface area contributed by atoms with Crippen LogP contribution in [0.5, 0.6) is 5.75 Å². The van der Waals surface area contributed by atoms with E-state index >= 15 is 0 Å². The van der Waals surface area contributed by atoms with Crippen LogP contribution in [-0.2, 0) is 11.2 Å². The van der Waals surface area contributed by atoms with Gasteiger partial charge in [0, 0.05) is 6.04 Å². The molecule has 100 valence electrons. The van der Waals surface area contributed by atoms with Crippen molar-refractivity contribution in [2.24, 2.45) is 11.7 Å². The summed E-state index contributed by atoms with van der Waals surface area (Å²) in [5, 5.41) is 0. The molecular weight excluding hydrogens is 226 g/mol. The average Bonchev–Trinajstić information content (AvgIpc) is 3.10. The first-order valence-electron chi connectivity index (χ1n) is 6.71. The van der Waals surface area contributed by atoms with Crippen molar-refractivity contribution in [1.29, 1.82) is 0 Å². The molecule has 0 amide bonds. The highest BCUT2D eigenvalue weighted by molar-refractivity contribution is 5.37. The quantitative estimate of drug-likeness (QED) is 0.597. The van der Waals surface area contributed by atoms with Gasteiger partial charge in [-0.1, -0.05) is 17.7 Å². The molecule has 1 aromatic carbocycles. The van der Waals surface area contributed by atoms with Gasteiger partial charge in [0.25, 0.3) is 0 Å². The maximum Gasteiger partial charge on any atom is 0.189 e. The number of benzene rings is 1. The zero-order valence-corrected chi connectivity index (χ0v) is 11.3. The minimum absolute atomic E-state index is 0.140. The lowest BCUT2D eigenvalue weighted by molar-refractivity contribution is 0.00943. The zero-order valence-electron chi connectivity index (χ0n) is 11.3. The Bertz CT molecular complexity index is 386. The molecule has 0 radical (unpaired) electrons. The third-order valence-corrected chi connectivity index (χ3v) is 3.11. The number of hydrogen-bond acceptors (Lipinski definition) is 3. The van der Waals surface area contributed by atoms with E-state index in [1.54, 1.807) is 0 Å². The normalized spacial score (nSPS) is 16.6. The molecular formula is C15H23NO2. The number of rotatable bonds is 7. The Hall–Kier alpha value is -1.06. The highest BCUT2D eigenvalue weighted by Gasteiger charge is 2.21. The van der Waals surface area contributed by atoms with E-state index in [1.165, 1.54) is 24.0 Å². The first-order valence-corrected chi connectivity index (χ1v) is 6.71. The molecule has 1 saturated carbocycles. The second kappa shape index (κ2) is 6.21. The standard InChI is InChI=1S/C15H23NO2/c1-11-3-6-15(14(7-11)8-12(2)16)18-10-17-9-13-4-5-13/h3,6-7,12-13H,4-5,8-10,16H2,1-2H3. The van der Waals surface area contributed by atoms with Crippen molar-refractivity contribution < 1.29 is 9.47 Å². The van der Waals surface area contributed by atoms with Gasteiger partial charge in [-0.25, -0.2) is 0 Å². The van der Waals surface area contributed by atoms with Crippen molar-refractivity contribution in [2.75, 3.05) is 13.4 Å². The molecule has 0 saturated heterocycles. The highest BCUT2D eigenvalue weighted by Crippen LogP contribution is 2.29. The summed E-state index contributed by atoms with van der Waals surface area (Å²) < 4.78 is 11.2. The maximum absolute atomic E-state index is 5.86. The fraction of sp³-hybridized carbons (Fsp3) is 0.600. The Labute approximate surface area is 109 Å². The molecule has 0 bridgehead atoms. The zero-order chi connectivity index (χ0) is 13.0. The van der Waals surface area contributed by atoms with E-state index in [0.29, 0.717) is 6.79 Å². The summed E-state index contributed by atoms with van der Waals surface area (Å²) in [7, 11) is 0. The van der Waals surface area contributed by atoms with Crippen molar-refractivity contribution in [3.63, 3.8) is 0 Å². The predicted molar refractivity (Wildman–Crippen MR) is 72.7 cm³/mol. The first kappa shape index (κ1) is 13.4. The Morgan fingerprint density at radius 1 is 1.39 bits per heavy atom. The lowest BCUT2D eigenvalue weighted by atomic mass is 10.0. The van der Waals surface area contributed by atoms with Crippen LogP contribution in [0.4, 0.5) is 0 Å². The van der Waals surface area contributed by atoms with Gasteiger partial charge in [-0.3, -0.25) is 0 Å². The van der Waals surface area contributed by atoms with Gasteiger partial charge in [0.1, 0.15) is 5.75 Å². The molecule has 3 nitrogen and oxygen atoms in total. The van der Waals surface area contributed by atoms with E-state index in [9.17, 15) is 0 Å². The number of aryl methyl sites for hydroxylation is 1. The van der Waals surface area contributed by atoms with Gasteiger partial charge in [-0.05, 0) is 50.7 Å². The van der Waals surface area contributed by atoms with E-state index in [4.69, 9.17) is 15.2 Å². The molecule has 2 N–H and O–H groups in total. The fourth-order valence-electron chi connectivity index (χ4n) is 1.96. The molecule has 0 spiro atoms. The van der Waals surface area contributed by atoms with Gasteiger partial charge < -0.3 is 15.2 Å². The molecule has 1 fully saturated rings. The van der Waals surface area contributed by atoms with Crippen LogP contribution in [0.15, 0.2) is 18.2 Å². The number of ether oxygens (including phenoxy) is 2. The summed E-state index contributed by atoms with van der Waals surface area (Å²) in [6.07, 6.45) is 3.45. The molecule has 0 heterocycles. The Morgan fingerprint density at radius 2 is 2.17 bits per heavy atom. The summed E-state index contributed by atoms with van der Waals surface area (Å²) in [5.74, 6) is 1.67. The number of nitrogens with two attached hydrogens (primary N) is 1. The van der Waals surface area contributed by atoms with Crippen LogP contribution >= 0.6 is 0 Å². The minimum atomic E-state index is 0.140. The largest absolute Gasteiger partial charge is 0.467 e. The minimum Gasteiger partial charge on any atom is -0.467 e. The van der Waals surface area contributed by atoms with E-state index < -0.39 is 0 Å². The van der Waals surface area contributed by atoms with Gasteiger partial charge in [0.05, 0.1) is 6.61 Å². The average molecular weight is 249 g/mol. The number of hydrogen-bond donors (Lipinski definition) is 1. The Morgan fingerprint density at radius 3 is 2.83 bits per heavy atom. The van der Waals surface area contributed by atoms with Gasteiger partial charge in [-0.15, -0.1) is 0 Å². The molecule has 2 rings (SSSR count). The van der Waals surface area contributed by atoms with Crippen molar-refractivity contribution in [3.05, 3.63) is 29.3 Å². The van der Waals surface area contributed by atoms with Crippen LogP contribution in [-0.4, -0.2) is 19.4 Å². The Kier molecular flexibility index (Phi) is 4.61. The molecule has 1 aliphatic rings. The monoisotopic (exact) mass is 249 g/mol.